The Bertz CT molecular complexity index is 306. The fourth-order valence-corrected chi connectivity index (χ4v) is 1.34. The third-order valence-electron chi connectivity index (χ3n) is 2.76. The predicted octanol–water partition coefficient (Wildman–Crippen LogP) is 1.95. The first-order valence-corrected chi connectivity index (χ1v) is 5.63. The SMILES string of the molecule is CCC(C)(O)CNCc1ccc(OC)cc1. The smallest absolute Gasteiger partial charge is 0.118 e. The Morgan fingerprint density at radius 2 is 1.94 bits per heavy atom. The molecule has 90 valence electrons. The molecule has 0 aromatic heterocycles. The lowest BCUT2D eigenvalue weighted by atomic mass is 10.0. The fourth-order valence-electron chi connectivity index (χ4n) is 1.34. The molecule has 1 aromatic carbocycles. The van der Waals surface area contributed by atoms with Crippen molar-refractivity contribution in [2.24, 2.45) is 0 Å². The largest absolute Gasteiger partial charge is 0.497 e. The maximum atomic E-state index is 9.80. The number of hydrogen-bond donors (Lipinski definition) is 2. The van der Waals surface area contributed by atoms with E-state index in [1.54, 1.807) is 7.11 Å². The van der Waals surface area contributed by atoms with Crippen LogP contribution in [0.4, 0.5) is 0 Å². The number of ether oxygens (including phenoxy) is 1. The molecule has 0 aliphatic carbocycles. The van der Waals surface area contributed by atoms with E-state index in [1.165, 1.54) is 5.56 Å². The van der Waals surface area contributed by atoms with Crippen molar-refractivity contribution in [3.05, 3.63) is 29.8 Å². The standard InChI is InChI=1S/C13H21NO2/c1-4-13(2,15)10-14-9-11-5-7-12(16-3)8-6-11/h5-8,14-15H,4,9-10H2,1-3H3. The van der Waals surface area contributed by atoms with Crippen LogP contribution in [-0.4, -0.2) is 24.4 Å². The van der Waals surface area contributed by atoms with Gasteiger partial charge in [0.15, 0.2) is 0 Å². The van der Waals surface area contributed by atoms with E-state index in [-0.39, 0.29) is 0 Å². The summed E-state index contributed by atoms with van der Waals surface area (Å²) in [6.45, 7) is 5.19. The molecule has 1 rings (SSSR count). The predicted molar refractivity (Wildman–Crippen MR) is 65.6 cm³/mol. The van der Waals surface area contributed by atoms with Gasteiger partial charge in [-0.05, 0) is 31.0 Å². The minimum absolute atomic E-state index is 0.607. The molecule has 0 saturated carbocycles. The molecule has 0 radical (unpaired) electrons. The first-order chi connectivity index (χ1) is 7.57. The van der Waals surface area contributed by atoms with Gasteiger partial charge in [-0.2, -0.15) is 0 Å². The Morgan fingerprint density at radius 1 is 1.31 bits per heavy atom. The lowest BCUT2D eigenvalue weighted by molar-refractivity contribution is 0.0555. The molecular weight excluding hydrogens is 202 g/mol. The maximum Gasteiger partial charge on any atom is 0.118 e. The molecule has 16 heavy (non-hydrogen) atoms. The number of methoxy groups -OCH3 is 1. The van der Waals surface area contributed by atoms with Crippen molar-refractivity contribution in [2.75, 3.05) is 13.7 Å². The molecule has 3 nitrogen and oxygen atoms in total. The van der Waals surface area contributed by atoms with Gasteiger partial charge in [0.1, 0.15) is 5.75 Å². The topological polar surface area (TPSA) is 41.5 Å². The van der Waals surface area contributed by atoms with Gasteiger partial charge in [0.05, 0.1) is 12.7 Å². The van der Waals surface area contributed by atoms with Crippen molar-refractivity contribution in [3.8, 4) is 5.75 Å². The van der Waals surface area contributed by atoms with E-state index in [4.69, 9.17) is 4.74 Å². The first kappa shape index (κ1) is 13.0. The van der Waals surface area contributed by atoms with E-state index in [2.05, 4.69) is 5.32 Å². The summed E-state index contributed by atoms with van der Waals surface area (Å²) < 4.78 is 5.08. The maximum absolute atomic E-state index is 9.80. The van der Waals surface area contributed by atoms with Gasteiger partial charge in [0.25, 0.3) is 0 Å². The second-order valence-electron chi connectivity index (χ2n) is 4.30. The summed E-state index contributed by atoms with van der Waals surface area (Å²) in [6.07, 6.45) is 0.753. The third-order valence-corrected chi connectivity index (χ3v) is 2.76. The lowest BCUT2D eigenvalue weighted by Gasteiger charge is -2.21. The third kappa shape index (κ3) is 4.21. The summed E-state index contributed by atoms with van der Waals surface area (Å²) in [7, 11) is 1.66. The van der Waals surface area contributed by atoms with Crippen molar-refractivity contribution >= 4 is 0 Å². The molecule has 0 heterocycles. The molecule has 1 aromatic rings. The summed E-state index contributed by atoms with van der Waals surface area (Å²) in [4.78, 5) is 0. The van der Waals surface area contributed by atoms with Gasteiger partial charge in [0.2, 0.25) is 0 Å². The molecule has 0 fully saturated rings. The van der Waals surface area contributed by atoms with Crippen molar-refractivity contribution in [2.45, 2.75) is 32.4 Å². The molecule has 0 aliphatic rings. The second kappa shape index (κ2) is 5.87. The highest BCUT2D eigenvalue weighted by atomic mass is 16.5. The van der Waals surface area contributed by atoms with Gasteiger partial charge >= 0.3 is 0 Å². The quantitative estimate of drug-likeness (QED) is 0.774. The lowest BCUT2D eigenvalue weighted by Crippen LogP contribution is -2.36. The molecule has 0 amide bonds. The van der Waals surface area contributed by atoms with Gasteiger partial charge in [-0.15, -0.1) is 0 Å². The van der Waals surface area contributed by atoms with Crippen LogP contribution in [-0.2, 0) is 6.54 Å². The molecule has 2 N–H and O–H groups in total. The normalized spacial score (nSPS) is 14.5. The van der Waals surface area contributed by atoms with E-state index in [0.29, 0.717) is 6.54 Å². The van der Waals surface area contributed by atoms with Crippen LogP contribution in [0.1, 0.15) is 25.8 Å². The van der Waals surface area contributed by atoms with Gasteiger partial charge in [-0.3, -0.25) is 0 Å². The number of aliphatic hydroxyl groups is 1. The van der Waals surface area contributed by atoms with E-state index < -0.39 is 5.60 Å². The van der Waals surface area contributed by atoms with E-state index in [0.717, 1.165) is 18.7 Å². The molecule has 0 spiro atoms. The average molecular weight is 223 g/mol. The minimum atomic E-state index is -0.619. The first-order valence-electron chi connectivity index (χ1n) is 5.63. The van der Waals surface area contributed by atoms with Gasteiger partial charge in [0, 0.05) is 13.1 Å². The van der Waals surface area contributed by atoms with Gasteiger partial charge in [-0.1, -0.05) is 19.1 Å². The molecular formula is C13H21NO2. The van der Waals surface area contributed by atoms with Crippen LogP contribution in [0, 0.1) is 0 Å². The Morgan fingerprint density at radius 3 is 2.44 bits per heavy atom. The van der Waals surface area contributed by atoms with Crippen LogP contribution in [0.5, 0.6) is 5.75 Å². The van der Waals surface area contributed by atoms with Crippen molar-refractivity contribution in [1.82, 2.24) is 5.32 Å². The van der Waals surface area contributed by atoms with Gasteiger partial charge in [-0.25, -0.2) is 0 Å². The molecule has 1 atom stereocenters. The van der Waals surface area contributed by atoms with E-state index in [9.17, 15) is 5.11 Å². The Hall–Kier alpha value is -1.06. The Labute approximate surface area is 97.4 Å². The summed E-state index contributed by atoms with van der Waals surface area (Å²) in [5, 5.41) is 13.0. The Kier molecular flexibility index (Phi) is 4.77. The van der Waals surface area contributed by atoms with Crippen LogP contribution in [0.25, 0.3) is 0 Å². The highest BCUT2D eigenvalue weighted by Crippen LogP contribution is 2.11. The molecule has 0 saturated heterocycles. The zero-order valence-electron chi connectivity index (χ0n) is 10.3. The van der Waals surface area contributed by atoms with E-state index >= 15 is 0 Å². The monoisotopic (exact) mass is 223 g/mol. The van der Waals surface area contributed by atoms with Crippen LogP contribution < -0.4 is 10.1 Å². The van der Waals surface area contributed by atoms with Crippen LogP contribution in [0.2, 0.25) is 0 Å². The summed E-state index contributed by atoms with van der Waals surface area (Å²) in [6, 6.07) is 7.92. The number of nitrogens with one attached hydrogen (secondary N) is 1. The zero-order chi connectivity index (χ0) is 12.0. The zero-order valence-corrected chi connectivity index (χ0v) is 10.3. The summed E-state index contributed by atoms with van der Waals surface area (Å²) >= 11 is 0. The Balaban J connectivity index is 2.37. The van der Waals surface area contributed by atoms with Crippen molar-refractivity contribution < 1.29 is 9.84 Å². The van der Waals surface area contributed by atoms with E-state index in [1.807, 2.05) is 38.1 Å². The fraction of sp³-hybridized carbons (Fsp3) is 0.538. The van der Waals surface area contributed by atoms with Gasteiger partial charge < -0.3 is 15.2 Å². The van der Waals surface area contributed by atoms with Crippen LogP contribution in [0.15, 0.2) is 24.3 Å². The number of benzene rings is 1. The highest BCUT2D eigenvalue weighted by Gasteiger charge is 2.15. The average Bonchev–Trinajstić information content (AvgIpc) is 2.30. The molecule has 1 unspecified atom stereocenters. The van der Waals surface area contributed by atoms with Crippen molar-refractivity contribution in [1.29, 1.82) is 0 Å². The highest BCUT2D eigenvalue weighted by molar-refractivity contribution is 5.26. The number of hydrogen-bond acceptors (Lipinski definition) is 3. The molecule has 3 heteroatoms. The summed E-state index contributed by atoms with van der Waals surface area (Å²) in [5.74, 6) is 0.865. The second-order valence-corrected chi connectivity index (χ2v) is 4.30. The minimum Gasteiger partial charge on any atom is -0.497 e. The summed E-state index contributed by atoms with van der Waals surface area (Å²) in [5.41, 5.74) is 0.569. The van der Waals surface area contributed by atoms with Crippen LogP contribution >= 0.6 is 0 Å². The number of rotatable bonds is 6. The van der Waals surface area contributed by atoms with Crippen LogP contribution in [0.3, 0.4) is 0 Å². The molecule has 0 aliphatic heterocycles. The molecule has 0 bridgehead atoms. The van der Waals surface area contributed by atoms with Crippen molar-refractivity contribution in [3.63, 3.8) is 0 Å².